The van der Waals surface area contributed by atoms with Gasteiger partial charge in [0.2, 0.25) is 0 Å². The zero-order valence-electron chi connectivity index (χ0n) is 14.4. The number of halogens is 4. The van der Waals surface area contributed by atoms with E-state index in [0.717, 1.165) is 12.1 Å². The van der Waals surface area contributed by atoms with Crippen molar-refractivity contribution in [3.8, 4) is 11.5 Å². The van der Waals surface area contributed by atoms with Gasteiger partial charge in [-0.05, 0) is 55.8 Å². The average Bonchev–Trinajstić information content (AvgIpc) is 2.56. The van der Waals surface area contributed by atoms with E-state index in [0.29, 0.717) is 27.8 Å². The summed E-state index contributed by atoms with van der Waals surface area (Å²) in [7, 11) is 1.50. The molecule has 8 heteroatoms. The van der Waals surface area contributed by atoms with Gasteiger partial charge in [-0.15, -0.1) is 0 Å². The second-order valence-electron chi connectivity index (χ2n) is 5.65. The van der Waals surface area contributed by atoms with Crippen molar-refractivity contribution in [1.29, 1.82) is 0 Å². The number of nitrogens with one attached hydrogen (secondary N) is 1. The third-order valence-corrected chi connectivity index (χ3v) is 3.51. The smallest absolute Gasteiger partial charge is 0.416 e. The number of hydrogen-bond donors (Lipinski definition) is 1. The molecule has 0 saturated heterocycles. The van der Waals surface area contributed by atoms with Gasteiger partial charge >= 0.3 is 6.18 Å². The van der Waals surface area contributed by atoms with E-state index in [1.807, 2.05) is 13.8 Å². The van der Waals surface area contributed by atoms with Crippen LogP contribution < -0.4 is 14.9 Å². The highest BCUT2D eigenvalue weighted by Crippen LogP contribution is 2.36. The Morgan fingerprint density at radius 3 is 2.35 bits per heavy atom. The standard InChI is InChI=1S/C18H18ClF3N2O2/c1-11(2)26-17-15(19)8-12(9-16(17)25-3)10-23-24-14-6-4-13(5-7-14)18(20,21)22/h4-11,24H,1-3H3/b23-10+. The molecule has 0 unspecified atom stereocenters. The number of benzene rings is 2. The summed E-state index contributed by atoms with van der Waals surface area (Å²) >= 11 is 6.22. The largest absolute Gasteiger partial charge is 0.493 e. The molecule has 0 aliphatic carbocycles. The predicted octanol–water partition coefficient (Wildman–Crippen LogP) is 5.60. The minimum absolute atomic E-state index is 0.0674. The van der Waals surface area contributed by atoms with Crippen LogP contribution in [0.3, 0.4) is 0 Å². The molecule has 4 nitrogen and oxygen atoms in total. The molecule has 0 bridgehead atoms. The van der Waals surface area contributed by atoms with Gasteiger partial charge in [-0.1, -0.05) is 11.6 Å². The number of hydrogen-bond acceptors (Lipinski definition) is 4. The highest BCUT2D eigenvalue weighted by Gasteiger charge is 2.29. The summed E-state index contributed by atoms with van der Waals surface area (Å²) in [6.45, 7) is 3.75. The second kappa shape index (κ2) is 8.31. The van der Waals surface area contributed by atoms with Crippen molar-refractivity contribution in [2.75, 3.05) is 12.5 Å². The van der Waals surface area contributed by atoms with Crippen molar-refractivity contribution >= 4 is 23.5 Å². The van der Waals surface area contributed by atoms with E-state index >= 15 is 0 Å². The number of anilines is 1. The topological polar surface area (TPSA) is 42.8 Å². The monoisotopic (exact) mass is 386 g/mol. The van der Waals surface area contributed by atoms with E-state index in [-0.39, 0.29) is 6.10 Å². The van der Waals surface area contributed by atoms with Crippen LogP contribution in [0, 0.1) is 0 Å². The van der Waals surface area contributed by atoms with Crippen LogP contribution >= 0.6 is 11.6 Å². The third kappa shape index (κ3) is 5.29. The number of hydrazone groups is 1. The molecule has 0 aliphatic heterocycles. The van der Waals surface area contributed by atoms with Gasteiger partial charge < -0.3 is 9.47 Å². The van der Waals surface area contributed by atoms with Crippen molar-refractivity contribution in [3.63, 3.8) is 0 Å². The number of nitrogens with zero attached hydrogens (tertiary/aromatic N) is 1. The Balaban J connectivity index is 2.12. The van der Waals surface area contributed by atoms with Gasteiger partial charge in [-0.25, -0.2) is 0 Å². The van der Waals surface area contributed by atoms with Gasteiger partial charge in [0.15, 0.2) is 11.5 Å². The molecule has 0 heterocycles. The number of alkyl halides is 3. The van der Waals surface area contributed by atoms with Gasteiger partial charge in [0.05, 0.1) is 35.7 Å². The quantitative estimate of drug-likeness (QED) is 0.519. The van der Waals surface area contributed by atoms with Crippen LogP contribution in [-0.2, 0) is 6.18 Å². The first kappa shape index (κ1) is 19.9. The lowest BCUT2D eigenvalue weighted by atomic mass is 10.2. The van der Waals surface area contributed by atoms with Crippen molar-refractivity contribution in [2.24, 2.45) is 5.10 Å². The summed E-state index contributed by atoms with van der Waals surface area (Å²) in [5.74, 6) is 0.902. The Bertz CT molecular complexity index is 775. The highest BCUT2D eigenvalue weighted by molar-refractivity contribution is 6.32. The van der Waals surface area contributed by atoms with Crippen LogP contribution in [0.5, 0.6) is 11.5 Å². The van der Waals surface area contributed by atoms with Crippen LogP contribution in [0.2, 0.25) is 5.02 Å². The molecule has 0 amide bonds. The zero-order valence-corrected chi connectivity index (χ0v) is 15.2. The lowest BCUT2D eigenvalue weighted by Crippen LogP contribution is -2.07. The average molecular weight is 387 g/mol. The van der Waals surface area contributed by atoms with Crippen LogP contribution in [0.25, 0.3) is 0 Å². The summed E-state index contributed by atoms with van der Waals surface area (Å²) < 4.78 is 48.5. The van der Waals surface area contributed by atoms with Gasteiger partial charge in [0.25, 0.3) is 0 Å². The predicted molar refractivity (Wildman–Crippen MR) is 96.4 cm³/mol. The molecule has 0 fully saturated rings. The van der Waals surface area contributed by atoms with E-state index in [1.165, 1.54) is 25.5 Å². The maximum absolute atomic E-state index is 12.5. The summed E-state index contributed by atoms with van der Waals surface area (Å²) in [5.41, 5.74) is 3.01. The summed E-state index contributed by atoms with van der Waals surface area (Å²) in [6, 6.07) is 7.91. The van der Waals surface area contributed by atoms with Crippen molar-refractivity contribution < 1.29 is 22.6 Å². The van der Waals surface area contributed by atoms with Crippen LogP contribution in [0.1, 0.15) is 25.0 Å². The number of rotatable bonds is 6. The highest BCUT2D eigenvalue weighted by atomic mass is 35.5. The van der Waals surface area contributed by atoms with Gasteiger partial charge in [-0.2, -0.15) is 18.3 Å². The lowest BCUT2D eigenvalue weighted by molar-refractivity contribution is -0.137. The minimum Gasteiger partial charge on any atom is -0.493 e. The first-order valence-electron chi connectivity index (χ1n) is 7.71. The molecule has 0 spiro atoms. The molecule has 140 valence electrons. The molecule has 2 aromatic rings. The Kier molecular flexibility index (Phi) is 6.37. The fraction of sp³-hybridized carbons (Fsp3) is 0.278. The van der Waals surface area contributed by atoms with Crippen LogP contribution in [0.4, 0.5) is 18.9 Å². The van der Waals surface area contributed by atoms with E-state index in [2.05, 4.69) is 10.5 Å². The van der Waals surface area contributed by atoms with Crippen LogP contribution in [0.15, 0.2) is 41.5 Å². The van der Waals surface area contributed by atoms with Gasteiger partial charge in [0, 0.05) is 0 Å². The van der Waals surface area contributed by atoms with E-state index in [9.17, 15) is 13.2 Å². The Labute approximate surface area is 154 Å². The normalized spacial score (nSPS) is 11.8. The van der Waals surface area contributed by atoms with Crippen LogP contribution in [-0.4, -0.2) is 19.4 Å². The Morgan fingerprint density at radius 2 is 1.81 bits per heavy atom. The molecule has 1 N–H and O–H groups in total. The first-order chi connectivity index (χ1) is 12.2. The zero-order chi connectivity index (χ0) is 19.3. The number of ether oxygens (including phenoxy) is 2. The summed E-state index contributed by atoms with van der Waals surface area (Å²) in [5, 5.41) is 4.37. The molecule has 0 atom stereocenters. The van der Waals surface area contributed by atoms with Crippen molar-refractivity contribution in [2.45, 2.75) is 26.1 Å². The maximum atomic E-state index is 12.5. The molecule has 0 aromatic heterocycles. The lowest BCUT2D eigenvalue weighted by Gasteiger charge is -2.15. The third-order valence-electron chi connectivity index (χ3n) is 3.22. The first-order valence-corrected chi connectivity index (χ1v) is 8.09. The second-order valence-corrected chi connectivity index (χ2v) is 6.05. The molecule has 0 saturated carbocycles. The minimum atomic E-state index is -4.37. The molecule has 26 heavy (non-hydrogen) atoms. The fourth-order valence-corrected chi connectivity index (χ4v) is 2.34. The van der Waals surface area contributed by atoms with E-state index < -0.39 is 11.7 Å². The summed E-state index contributed by atoms with van der Waals surface area (Å²) in [4.78, 5) is 0. The SMILES string of the molecule is COc1cc(/C=N/Nc2ccc(C(F)(F)F)cc2)cc(Cl)c1OC(C)C. The van der Waals surface area contributed by atoms with Gasteiger partial charge in [-0.3, -0.25) is 5.43 Å². The van der Waals surface area contributed by atoms with Crippen molar-refractivity contribution in [3.05, 3.63) is 52.5 Å². The molecule has 0 aliphatic rings. The van der Waals surface area contributed by atoms with E-state index in [1.54, 1.807) is 12.1 Å². The molecular weight excluding hydrogens is 369 g/mol. The Morgan fingerprint density at radius 1 is 1.15 bits per heavy atom. The van der Waals surface area contributed by atoms with Crippen molar-refractivity contribution in [1.82, 2.24) is 0 Å². The molecular formula is C18H18ClF3N2O2. The van der Waals surface area contributed by atoms with Gasteiger partial charge in [0.1, 0.15) is 0 Å². The maximum Gasteiger partial charge on any atom is 0.416 e. The fourth-order valence-electron chi connectivity index (χ4n) is 2.08. The molecule has 0 radical (unpaired) electrons. The number of methoxy groups -OCH3 is 1. The van der Waals surface area contributed by atoms with E-state index in [4.69, 9.17) is 21.1 Å². The molecule has 2 rings (SSSR count). The molecule has 2 aromatic carbocycles. The summed E-state index contributed by atoms with van der Waals surface area (Å²) in [6.07, 6.45) is -2.96. The Hall–Kier alpha value is -2.41.